The largest absolute Gasteiger partial charge is 0.321 e. The Morgan fingerprint density at radius 2 is 1.73 bits per heavy atom. The molecular formula is C23H31N2O+. The van der Waals surface area contributed by atoms with Crippen LogP contribution in [0.4, 0.5) is 5.69 Å². The Hall–Kier alpha value is -2.13. The zero-order valence-corrected chi connectivity index (χ0v) is 16.3. The topological polar surface area (TPSA) is 29.1 Å². The molecule has 2 atom stereocenters. The Morgan fingerprint density at radius 3 is 2.42 bits per heavy atom. The Morgan fingerprint density at radius 1 is 1.04 bits per heavy atom. The van der Waals surface area contributed by atoms with E-state index in [1.54, 1.807) is 0 Å². The van der Waals surface area contributed by atoms with Gasteiger partial charge in [0.25, 0.3) is 5.91 Å². The number of carbonyl (C=O) groups is 1. The first-order valence-corrected chi connectivity index (χ1v) is 9.71. The number of hydrogen-bond donors (Lipinski definition) is 1. The second kappa shape index (κ2) is 8.05. The van der Waals surface area contributed by atoms with E-state index in [0.717, 1.165) is 34.4 Å². The summed E-state index contributed by atoms with van der Waals surface area (Å²) in [4.78, 5) is 12.8. The molecule has 0 saturated carbocycles. The van der Waals surface area contributed by atoms with Crippen molar-refractivity contribution in [2.75, 3.05) is 32.0 Å². The highest BCUT2D eigenvalue weighted by Gasteiger charge is 2.32. The first-order valence-electron chi connectivity index (χ1n) is 9.71. The molecule has 0 spiro atoms. The number of anilines is 1. The fourth-order valence-corrected chi connectivity index (χ4v) is 4.28. The normalized spacial score (nSPS) is 23.3. The van der Waals surface area contributed by atoms with Gasteiger partial charge in [0.05, 0.1) is 20.1 Å². The third-order valence-electron chi connectivity index (χ3n) is 5.70. The molecule has 1 saturated heterocycles. The summed E-state index contributed by atoms with van der Waals surface area (Å²) >= 11 is 0. The first-order chi connectivity index (χ1) is 12.5. The SMILES string of the molecule is Cc1cccc(C)c1NC(=O)C[N+]1(C)CCCCC(c2ccccc2)C1. The van der Waals surface area contributed by atoms with Crippen molar-refractivity contribution in [3.63, 3.8) is 0 Å². The number of amides is 1. The molecule has 3 heteroatoms. The van der Waals surface area contributed by atoms with Crippen LogP contribution in [-0.4, -0.2) is 37.1 Å². The summed E-state index contributed by atoms with van der Waals surface area (Å²) in [6.45, 7) is 6.75. The van der Waals surface area contributed by atoms with Crippen LogP contribution in [0.25, 0.3) is 0 Å². The zero-order valence-electron chi connectivity index (χ0n) is 16.3. The molecule has 3 rings (SSSR count). The maximum absolute atomic E-state index is 12.8. The van der Waals surface area contributed by atoms with Gasteiger partial charge in [-0.2, -0.15) is 0 Å². The van der Waals surface area contributed by atoms with Gasteiger partial charge in [-0.3, -0.25) is 4.79 Å². The van der Waals surface area contributed by atoms with E-state index in [0.29, 0.717) is 12.5 Å². The van der Waals surface area contributed by atoms with Crippen molar-refractivity contribution >= 4 is 11.6 Å². The third kappa shape index (κ3) is 4.53. The summed E-state index contributed by atoms with van der Waals surface area (Å²) in [5.74, 6) is 0.662. The number of likely N-dealkylation sites (N-methyl/N-ethyl adjacent to an activating group) is 1. The zero-order chi connectivity index (χ0) is 18.6. The van der Waals surface area contributed by atoms with Crippen LogP contribution < -0.4 is 5.32 Å². The van der Waals surface area contributed by atoms with E-state index < -0.39 is 0 Å². The van der Waals surface area contributed by atoms with Crippen LogP contribution in [0.1, 0.15) is 41.9 Å². The van der Waals surface area contributed by atoms with Crippen LogP contribution in [0.3, 0.4) is 0 Å². The van der Waals surface area contributed by atoms with Gasteiger partial charge in [0.1, 0.15) is 0 Å². The molecule has 1 aliphatic rings. The number of likely N-dealkylation sites (tertiary alicyclic amines) is 1. The molecule has 3 nitrogen and oxygen atoms in total. The van der Waals surface area contributed by atoms with Gasteiger partial charge in [-0.25, -0.2) is 0 Å². The number of carbonyl (C=O) groups excluding carboxylic acids is 1. The number of nitrogens with one attached hydrogen (secondary N) is 1. The summed E-state index contributed by atoms with van der Waals surface area (Å²) in [5.41, 5.74) is 4.63. The average Bonchev–Trinajstić information content (AvgIpc) is 2.81. The number of quaternary nitrogens is 1. The lowest BCUT2D eigenvalue weighted by Crippen LogP contribution is -2.51. The molecule has 0 aliphatic carbocycles. The number of rotatable bonds is 4. The monoisotopic (exact) mass is 351 g/mol. The van der Waals surface area contributed by atoms with Gasteiger partial charge in [-0.1, -0.05) is 48.5 Å². The minimum Gasteiger partial charge on any atom is -0.321 e. The van der Waals surface area contributed by atoms with Crippen LogP contribution in [0, 0.1) is 13.8 Å². The Labute approximate surface area is 157 Å². The van der Waals surface area contributed by atoms with E-state index in [9.17, 15) is 4.79 Å². The molecule has 1 N–H and O–H groups in total. The summed E-state index contributed by atoms with van der Waals surface area (Å²) in [5, 5.41) is 3.17. The van der Waals surface area contributed by atoms with E-state index >= 15 is 0 Å². The minimum atomic E-state index is 0.124. The van der Waals surface area contributed by atoms with Crippen molar-refractivity contribution in [3.8, 4) is 0 Å². The molecule has 2 aromatic carbocycles. The van der Waals surface area contributed by atoms with Crippen molar-refractivity contribution in [2.24, 2.45) is 0 Å². The smallest absolute Gasteiger partial charge is 0.279 e. The highest BCUT2D eigenvalue weighted by atomic mass is 16.2. The van der Waals surface area contributed by atoms with Gasteiger partial charge in [0.2, 0.25) is 0 Å². The van der Waals surface area contributed by atoms with E-state index in [4.69, 9.17) is 0 Å². The van der Waals surface area contributed by atoms with Gasteiger partial charge in [-0.05, 0) is 49.8 Å². The van der Waals surface area contributed by atoms with Crippen molar-refractivity contribution in [1.82, 2.24) is 0 Å². The minimum absolute atomic E-state index is 0.124. The van der Waals surface area contributed by atoms with E-state index in [2.05, 4.69) is 68.7 Å². The molecule has 1 amide bonds. The lowest BCUT2D eigenvalue weighted by atomic mass is 9.94. The predicted octanol–water partition coefficient (Wildman–Crippen LogP) is 4.66. The second-order valence-electron chi connectivity index (χ2n) is 8.10. The number of hydrogen-bond acceptors (Lipinski definition) is 1. The van der Waals surface area contributed by atoms with Crippen LogP contribution in [0.15, 0.2) is 48.5 Å². The Bertz CT molecular complexity index is 736. The molecule has 1 aliphatic heterocycles. The number of benzene rings is 2. The highest BCUT2D eigenvalue weighted by molar-refractivity contribution is 5.93. The maximum atomic E-state index is 12.8. The van der Waals surface area contributed by atoms with E-state index in [1.807, 2.05) is 6.07 Å². The molecule has 0 radical (unpaired) electrons. The lowest BCUT2D eigenvalue weighted by Gasteiger charge is -2.35. The highest BCUT2D eigenvalue weighted by Crippen LogP contribution is 2.29. The Kier molecular flexibility index (Phi) is 5.77. The molecule has 0 aromatic heterocycles. The van der Waals surface area contributed by atoms with E-state index in [-0.39, 0.29) is 5.91 Å². The molecule has 2 aromatic rings. The third-order valence-corrected chi connectivity index (χ3v) is 5.70. The van der Waals surface area contributed by atoms with Crippen LogP contribution in [0.5, 0.6) is 0 Å². The maximum Gasteiger partial charge on any atom is 0.279 e. The lowest BCUT2D eigenvalue weighted by molar-refractivity contribution is -0.902. The van der Waals surface area contributed by atoms with Crippen molar-refractivity contribution in [1.29, 1.82) is 0 Å². The van der Waals surface area contributed by atoms with Crippen molar-refractivity contribution in [3.05, 3.63) is 65.2 Å². The average molecular weight is 352 g/mol. The van der Waals surface area contributed by atoms with Gasteiger partial charge >= 0.3 is 0 Å². The summed E-state index contributed by atoms with van der Waals surface area (Å²) in [6, 6.07) is 16.9. The molecule has 138 valence electrons. The van der Waals surface area contributed by atoms with Gasteiger partial charge in [-0.15, -0.1) is 0 Å². The first kappa shape index (κ1) is 18.7. The molecule has 26 heavy (non-hydrogen) atoms. The van der Waals surface area contributed by atoms with E-state index in [1.165, 1.54) is 24.8 Å². The van der Waals surface area contributed by atoms with Gasteiger partial charge in [0, 0.05) is 11.6 Å². The number of aryl methyl sites for hydroxylation is 2. The molecular weight excluding hydrogens is 320 g/mol. The van der Waals surface area contributed by atoms with Crippen LogP contribution in [0.2, 0.25) is 0 Å². The van der Waals surface area contributed by atoms with Gasteiger partial charge < -0.3 is 9.80 Å². The predicted molar refractivity (Wildman–Crippen MR) is 108 cm³/mol. The number of nitrogens with zero attached hydrogens (tertiary/aromatic N) is 1. The molecule has 2 unspecified atom stereocenters. The fraction of sp³-hybridized carbons (Fsp3) is 0.435. The summed E-state index contributed by atoms with van der Waals surface area (Å²) in [6.07, 6.45) is 3.65. The number of para-hydroxylation sites is 1. The quantitative estimate of drug-likeness (QED) is 0.798. The van der Waals surface area contributed by atoms with Crippen LogP contribution >= 0.6 is 0 Å². The summed E-state index contributed by atoms with van der Waals surface area (Å²) < 4.78 is 0.816. The summed E-state index contributed by atoms with van der Waals surface area (Å²) in [7, 11) is 2.24. The Balaban J connectivity index is 1.71. The molecule has 1 heterocycles. The van der Waals surface area contributed by atoms with Crippen LogP contribution in [-0.2, 0) is 4.79 Å². The van der Waals surface area contributed by atoms with Crippen molar-refractivity contribution in [2.45, 2.75) is 39.0 Å². The van der Waals surface area contributed by atoms with Crippen molar-refractivity contribution < 1.29 is 9.28 Å². The molecule has 1 fully saturated rings. The standard InChI is InChI=1S/C23H30N2O/c1-18-10-9-11-19(2)23(18)24-22(26)17-25(3)15-8-7-14-21(16-25)20-12-5-4-6-13-20/h4-6,9-13,21H,7-8,14-17H2,1-3H3/p+1. The fourth-order valence-electron chi connectivity index (χ4n) is 4.28. The van der Waals surface area contributed by atoms with Gasteiger partial charge in [0.15, 0.2) is 6.54 Å². The second-order valence-corrected chi connectivity index (χ2v) is 8.10. The molecule has 0 bridgehead atoms.